The van der Waals surface area contributed by atoms with Crippen LogP contribution < -0.4 is 0 Å². The van der Waals surface area contributed by atoms with Crippen molar-refractivity contribution in [3.8, 4) is 0 Å². The Morgan fingerprint density at radius 2 is 1.93 bits per heavy atom. The lowest BCUT2D eigenvalue weighted by atomic mass is 10.4. The summed E-state index contributed by atoms with van der Waals surface area (Å²) in [6, 6.07) is 0. The highest BCUT2D eigenvalue weighted by atomic mass is 31.2. The minimum atomic E-state index is -4.23. The van der Waals surface area contributed by atoms with Gasteiger partial charge in [0.05, 0.1) is 13.2 Å². The Kier molecular flexibility index (Phi) is 6.46. The fourth-order valence-corrected chi connectivity index (χ4v) is 0.860. The smallest absolute Gasteiger partial charge is 0.351 e. The van der Waals surface area contributed by atoms with E-state index in [0.717, 1.165) is 0 Å². The van der Waals surface area contributed by atoms with Gasteiger partial charge in [-0.2, -0.15) is 0 Å². The highest BCUT2D eigenvalue weighted by Crippen LogP contribution is 2.34. The zero-order valence-electron chi connectivity index (χ0n) is 7.44. The minimum Gasteiger partial charge on any atom is -0.394 e. The van der Waals surface area contributed by atoms with E-state index in [1.54, 1.807) is 0 Å². The maximum atomic E-state index is 10.3. The normalized spacial score (nSPS) is 16.6. The van der Waals surface area contributed by atoms with Crippen molar-refractivity contribution in [2.45, 2.75) is 12.4 Å². The molecular weight excluding hydrogens is 215 g/mol. The summed E-state index contributed by atoms with van der Waals surface area (Å²) < 4.78 is 19.5. The van der Waals surface area contributed by atoms with Gasteiger partial charge in [0.2, 0.25) is 0 Å². The molecular formula is C6H14O7P. The van der Waals surface area contributed by atoms with Crippen molar-refractivity contribution in [1.82, 2.24) is 0 Å². The second-order valence-electron chi connectivity index (χ2n) is 2.56. The average Bonchev–Trinajstić information content (AvgIpc) is 2.09. The molecule has 0 aliphatic rings. The molecule has 0 aromatic carbocycles. The Balaban J connectivity index is 3.56. The van der Waals surface area contributed by atoms with Gasteiger partial charge >= 0.3 is 7.60 Å². The van der Waals surface area contributed by atoms with Gasteiger partial charge in [-0.25, -0.2) is 0 Å². The molecule has 1 radical (unpaired) electrons. The monoisotopic (exact) mass is 229 g/mol. The SMILES string of the molecule is [CH2]C(OCC(O)CO)OCP(=O)(O)O. The van der Waals surface area contributed by atoms with Crippen molar-refractivity contribution in [2.24, 2.45) is 0 Å². The average molecular weight is 229 g/mol. The maximum absolute atomic E-state index is 10.3. The van der Waals surface area contributed by atoms with E-state index >= 15 is 0 Å². The summed E-state index contributed by atoms with van der Waals surface area (Å²) in [5, 5.41) is 17.2. The number of aliphatic hydroxyl groups is 2. The van der Waals surface area contributed by atoms with Crippen molar-refractivity contribution in [3.05, 3.63) is 6.92 Å². The molecule has 0 aliphatic carbocycles. The Labute approximate surface area is 81.4 Å². The quantitative estimate of drug-likeness (QED) is 0.315. The lowest BCUT2D eigenvalue weighted by Crippen LogP contribution is -2.24. The van der Waals surface area contributed by atoms with Gasteiger partial charge in [0.25, 0.3) is 0 Å². The molecule has 0 spiro atoms. The van der Waals surface area contributed by atoms with Gasteiger partial charge in [0, 0.05) is 6.92 Å². The third-order valence-electron chi connectivity index (χ3n) is 1.11. The topological polar surface area (TPSA) is 116 Å². The van der Waals surface area contributed by atoms with E-state index in [-0.39, 0.29) is 6.61 Å². The van der Waals surface area contributed by atoms with E-state index < -0.39 is 32.9 Å². The first-order chi connectivity index (χ1) is 6.35. The molecule has 0 fully saturated rings. The summed E-state index contributed by atoms with van der Waals surface area (Å²) >= 11 is 0. The predicted octanol–water partition coefficient (Wildman–Crippen LogP) is -1.33. The maximum Gasteiger partial charge on any atom is 0.351 e. The number of hydrogen-bond donors (Lipinski definition) is 4. The van der Waals surface area contributed by atoms with Crippen molar-refractivity contribution in [1.29, 1.82) is 0 Å². The molecule has 4 N–H and O–H groups in total. The minimum absolute atomic E-state index is 0.216. The molecule has 0 aliphatic heterocycles. The summed E-state index contributed by atoms with van der Waals surface area (Å²) in [4.78, 5) is 16.8. The van der Waals surface area contributed by atoms with Crippen LogP contribution in [0.5, 0.6) is 0 Å². The van der Waals surface area contributed by atoms with Gasteiger partial charge in [-0.05, 0) is 0 Å². The van der Waals surface area contributed by atoms with Crippen molar-refractivity contribution < 1.29 is 34.0 Å². The van der Waals surface area contributed by atoms with Crippen LogP contribution in [0.1, 0.15) is 0 Å². The predicted molar refractivity (Wildman–Crippen MR) is 46.2 cm³/mol. The largest absolute Gasteiger partial charge is 0.394 e. The van der Waals surface area contributed by atoms with E-state index in [9.17, 15) is 4.57 Å². The van der Waals surface area contributed by atoms with Crippen LogP contribution in [0.3, 0.4) is 0 Å². The van der Waals surface area contributed by atoms with E-state index in [2.05, 4.69) is 11.7 Å². The van der Waals surface area contributed by atoms with E-state index in [1.807, 2.05) is 0 Å². The van der Waals surface area contributed by atoms with Gasteiger partial charge in [-0.1, -0.05) is 0 Å². The van der Waals surface area contributed by atoms with Crippen LogP contribution >= 0.6 is 7.60 Å². The summed E-state index contributed by atoms with van der Waals surface area (Å²) in [5.41, 5.74) is 0. The van der Waals surface area contributed by atoms with E-state index in [1.165, 1.54) is 0 Å². The third-order valence-corrected chi connectivity index (χ3v) is 1.60. The zero-order chi connectivity index (χ0) is 11.2. The molecule has 2 atom stereocenters. The summed E-state index contributed by atoms with van der Waals surface area (Å²) in [5.74, 6) is 0. The summed E-state index contributed by atoms with van der Waals surface area (Å²) in [6.45, 7) is 2.58. The van der Waals surface area contributed by atoms with Crippen LogP contribution in [-0.2, 0) is 14.0 Å². The molecule has 0 amide bonds. The van der Waals surface area contributed by atoms with Crippen LogP contribution in [0.25, 0.3) is 0 Å². The van der Waals surface area contributed by atoms with Crippen LogP contribution in [0, 0.1) is 6.92 Å². The zero-order valence-corrected chi connectivity index (χ0v) is 8.34. The highest BCUT2D eigenvalue weighted by molar-refractivity contribution is 7.51. The fraction of sp³-hybridized carbons (Fsp3) is 0.833. The van der Waals surface area contributed by atoms with Crippen LogP contribution in [0.4, 0.5) is 0 Å². The molecule has 0 heterocycles. The van der Waals surface area contributed by atoms with Gasteiger partial charge in [-0.15, -0.1) is 0 Å². The second kappa shape index (κ2) is 6.47. The first kappa shape index (κ1) is 14.0. The molecule has 0 saturated carbocycles. The number of hydrogen-bond acceptors (Lipinski definition) is 5. The molecule has 14 heavy (non-hydrogen) atoms. The lowest BCUT2D eigenvalue weighted by molar-refractivity contribution is -0.127. The molecule has 0 rings (SSSR count). The standard InChI is InChI=1S/C6H14O7P/c1-5(12-3-6(8)2-7)13-4-14(9,10)11/h5-8H,1-4H2,(H2,9,10,11). The Morgan fingerprint density at radius 1 is 1.36 bits per heavy atom. The Hall–Kier alpha value is -0.0100. The van der Waals surface area contributed by atoms with Gasteiger partial charge in [-0.3, -0.25) is 4.57 Å². The molecule has 0 aromatic heterocycles. The third kappa shape index (κ3) is 8.58. The molecule has 7 nitrogen and oxygen atoms in total. The van der Waals surface area contributed by atoms with Gasteiger partial charge in [0.15, 0.2) is 12.6 Å². The fourth-order valence-electron chi connectivity index (χ4n) is 0.499. The first-order valence-corrected chi connectivity index (χ1v) is 5.54. The molecule has 8 heteroatoms. The van der Waals surface area contributed by atoms with Gasteiger partial charge in [0.1, 0.15) is 6.10 Å². The summed E-state index contributed by atoms with van der Waals surface area (Å²) in [7, 11) is -4.23. The first-order valence-electron chi connectivity index (χ1n) is 3.75. The number of ether oxygens (including phenoxy) is 2. The number of rotatable bonds is 7. The second-order valence-corrected chi connectivity index (χ2v) is 4.15. The Morgan fingerprint density at radius 3 is 2.36 bits per heavy atom. The van der Waals surface area contributed by atoms with Crippen LogP contribution in [-0.4, -0.2) is 52.0 Å². The lowest BCUT2D eigenvalue weighted by Gasteiger charge is -2.15. The molecule has 2 unspecified atom stereocenters. The molecule has 0 saturated heterocycles. The van der Waals surface area contributed by atoms with E-state index in [4.69, 9.17) is 24.7 Å². The number of aliphatic hydroxyl groups excluding tert-OH is 2. The van der Waals surface area contributed by atoms with Crippen molar-refractivity contribution in [3.63, 3.8) is 0 Å². The molecule has 0 bridgehead atoms. The summed E-state index contributed by atoms with van der Waals surface area (Å²) in [6.07, 6.45) is -2.95. The Bertz CT molecular complexity index is 191. The van der Waals surface area contributed by atoms with Gasteiger partial charge < -0.3 is 29.5 Å². The van der Waals surface area contributed by atoms with Crippen molar-refractivity contribution in [2.75, 3.05) is 19.6 Å². The van der Waals surface area contributed by atoms with Crippen LogP contribution in [0.15, 0.2) is 0 Å². The van der Waals surface area contributed by atoms with Crippen molar-refractivity contribution >= 4 is 7.60 Å². The van der Waals surface area contributed by atoms with E-state index in [0.29, 0.717) is 0 Å². The highest BCUT2D eigenvalue weighted by Gasteiger charge is 2.16. The van der Waals surface area contributed by atoms with Crippen LogP contribution in [0.2, 0.25) is 0 Å². The molecule has 0 aromatic rings. The molecule has 85 valence electrons.